The lowest BCUT2D eigenvalue weighted by atomic mass is 10.1. The summed E-state index contributed by atoms with van der Waals surface area (Å²) in [4.78, 5) is 4.48. The molecule has 1 unspecified atom stereocenters. The minimum Gasteiger partial charge on any atom is -0.309 e. The van der Waals surface area contributed by atoms with Crippen LogP contribution in [0.25, 0.3) is 0 Å². The van der Waals surface area contributed by atoms with E-state index < -0.39 is 0 Å². The Morgan fingerprint density at radius 3 is 3.06 bits per heavy atom. The molecule has 1 aromatic rings. The fraction of sp³-hybridized carbons (Fsp3) is 0.500. The monoisotopic (exact) mass is 296 g/mol. The Balaban J connectivity index is 2.67. The quantitative estimate of drug-likeness (QED) is 0.573. The summed E-state index contributed by atoms with van der Waals surface area (Å²) < 4.78 is 1.09. The normalized spacial score (nSPS) is 12.4. The Bertz CT molecular complexity index is 339. The molecule has 1 rings (SSSR count). The van der Waals surface area contributed by atoms with Crippen LogP contribution in [0.3, 0.4) is 0 Å². The number of allylic oxidation sites excluding steroid dienone is 1. The van der Waals surface area contributed by atoms with Crippen molar-refractivity contribution in [3.63, 3.8) is 0 Å². The van der Waals surface area contributed by atoms with E-state index in [1.165, 1.54) is 0 Å². The highest BCUT2D eigenvalue weighted by Gasteiger charge is 2.14. The van der Waals surface area contributed by atoms with Crippen molar-refractivity contribution in [1.82, 2.24) is 10.3 Å². The molecule has 94 valence electrons. The van der Waals surface area contributed by atoms with Crippen molar-refractivity contribution in [2.45, 2.75) is 38.6 Å². The van der Waals surface area contributed by atoms with E-state index in [0.717, 1.165) is 42.4 Å². The molecule has 3 heteroatoms. The molecule has 0 fully saturated rings. The average molecular weight is 297 g/mol. The van der Waals surface area contributed by atoms with Crippen molar-refractivity contribution in [2.75, 3.05) is 6.54 Å². The first kappa shape index (κ1) is 14.4. The van der Waals surface area contributed by atoms with Gasteiger partial charge in [0.05, 0.1) is 11.7 Å². The van der Waals surface area contributed by atoms with Gasteiger partial charge in [-0.15, -0.1) is 6.58 Å². The van der Waals surface area contributed by atoms with Crippen LogP contribution in [0.1, 0.15) is 44.3 Å². The molecule has 0 bridgehead atoms. The first-order chi connectivity index (χ1) is 8.29. The third-order valence-corrected chi connectivity index (χ3v) is 3.33. The molecule has 1 aromatic heterocycles. The van der Waals surface area contributed by atoms with E-state index in [9.17, 15) is 0 Å². The summed E-state index contributed by atoms with van der Waals surface area (Å²) in [6.45, 7) is 6.98. The van der Waals surface area contributed by atoms with Crippen molar-refractivity contribution < 1.29 is 0 Å². The van der Waals surface area contributed by atoms with Crippen LogP contribution in [0.5, 0.6) is 0 Å². The number of rotatable bonds is 8. The zero-order valence-electron chi connectivity index (χ0n) is 10.5. The molecule has 1 atom stereocenters. The molecule has 0 saturated carbocycles. The van der Waals surface area contributed by atoms with Gasteiger partial charge in [-0.3, -0.25) is 4.98 Å². The van der Waals surface area contributed by atoms with Crippen molar-refractivity contribution in [2.24, 2.45) is 0 Å². The number of nitrogens with zero attached hydrogens (tertiary/aromatic N) is 1. The van der Waals surface area contributed by atoms with E-state index in [1.54, 1.807) is 0 Å². The summed E-state index contributed by atoms with van der Waals surface area (Å²) in [7, 11) is 0. The Labute approximate surface area is 113 Å². The topological polar surface area (TPSA) is 24.9 Å². The SMILES string of the molecule is C=CCCCC(NCCC)c1ncccc1Br. The number of hydrogen-bond donors (Lipinski definition) is 1. The van der Waals surface area contributed by atoms with Crippen LogP contribution in [0.4, 0.5) is 0 Å². The minimum absolute atomic E-state index is 0.338. The van der Waals surface area contributed by atoms with Gasteiger partial charge in [0.1, 0.15) is 0 Å². The predicted octanol–water partition coefficient (Wildman–Crippen LogP) is 4.24. The molecular formula is C14H21BrN2. The van der Waals surface area contributed by atoms with Gasteiger partial charge in [0, 0.05) is 10.7 Å². The predicted molar refractivity (Wildman–Crippen MR) is 77.0 cm³/mol. The van der Waals surface area contributed by atoms with Gasteiger partial charge in [-0.05, 0) is 60.3 Å². The smallest absolute Gasteiger partial charge is 0.0714 e. The summed E-state index contributed by atoms with van der Waals surface area (Å²) in [6.07, 6.45) is 8.28. The number of nitrogens with one attached hydrogen (secondary N) is 1. The molecule has 1 N–H and O–H groups in total. The highest BCUT2D eigenvalue weighted by Crippen LogP contribution is 2.24. The second-order valence-electron chi connectivity index (χ2n) is 4.10. The first-order valence-electron chi connectivity index (χ1n) is 6.24. The van der Waals surface area contributed by atoms with E-state index in [1.807, 2.05) is 18.3 Å². The minimum atomic E-state index is 0.338. The van der Waals surface area contributed by atoms with Gasteiger partial charge in [-0.2, -0.15) is 0 Å². The van der Waals surface area contributed by atoms with Crippen LogP contribution in [-0.2, 0) is 0 Å². The summed E-state index contributed by atoms with van der Waals surface area (Å²) in [5.74, 6) is 0. The van der Waals surface area contributed by atoms with Gasteiger partial charge < -0.3 is 5.32 Å². The molecule has 0 radical (unpaired) electrons. The Hall–Kier alpha value is -0.670. The summed E-state index contributed by atoms with van der Waals surface area (Å²) >= 11 is 3.58. The van der Waals surface area contributed by atoms with Gasteiger partial charge in [0.15, 0.2) is 0 Å². The van der Waals surface area contributed by atoms with Crippen LogP contribution in [0.15, 0.2) is 35.5 Å². The summed E-state index contributed by atoms with van der Waals surface area (Å²) in [5, 5.41) is 3.56. The molecule has 0 amide bonds. The lowest BCUT2D eigenvalue weighted by Gasteiger charge is -2.18. The summed E-state index contributed by atoms with van der Waals surface area (Å²) in [5.41, 5.74) is 1.12. The maximum absolute atomic E-state index is 4.48. The number of hydrogen-bond acceptors (Lipinski definition) is 2. The Morgan fingerprint density at radius 1 is 1.59 bits per heavy atom. The Morgan fingerprint density at radius 2 is 2.41 bits per heavy atom. The molecule has 0 aromatic carbocycles. The number of unbranched alkanes of at least 4 members (excludes halogenated alkanes) is 1. The second kappa shape index (κ2) is 8.43. The maximum Gasteiger partial charge on any atom is 0.0714 e. The molecular weight excluding hydrogens is 276 g/mol. The van der Waals surface area contributed by atoms with Crippen LogP contribution in [0, 0.1) is 0 Å². The molecule has 0 aliphatic rings. The molecule has 1 heterocycles. The van der Waals surface area contributed by atoms with Gasteiger partial charge in [-0.1, -0.05) is 13.0 Å². The van der Waals surface area contributed by atoms with Crippen molar-refractivity contribution in [3.05, 3.63) is 41.2 Å². The second-order valence-corrected chi connectivity index (χ2v) is 4.95. The summed E-state index contributed by atoms with van der Waals surface area (Å²) in [6, 6.07) is 4.34. The molecule has 0 saturated heterocycles. The van der Waals surface area contributed by atoms with Crippen molar-refractivity contribution in [1.29, 1.82) is 0 Å². The maximum atomic E-state index is 4.48. The number of pyridine rings is 1. The highest BCUT2D eigenvalue weighted by atomic mass is 79.9. The van der Waals surface area contributed by atoms with Gasteiger partial charge in [0.25, 0.3) is 0 Å². The van der Waals surface area contributed by atoms with Gasteiger partial charge in [-0.25, -0.2) is 0 Å². The fourth-order valence-electron chi connectivity index (χ4n) is 1.77. The van der Waals surface area contributed by atoms with Crippen LogP contribution < -0.4 is 5.32 Å². The van der Waals surface area contributed by atoms with Gasteiger partial charge in [0.2, 0.25) is 0 Å². The van der Waals surface area contributed by atoms with E-state index in [0.29, 0.717) is 6.04 Å². The first-order valence-corrected chi connectivity index (χ1v) is 7.03. The lowest BCUT2D eigenvalue weighted by molar-refractivity contribution is 0.475. The average Bonchev–Trinajstić information content (AvgIpc) is 2.35. The Kier molecular flexibility index (Phi) is 7.13. The molecule has 17 heavy (non-hydrogen) atoms. The standard InChI is InChI=1S/C14H21BrN2/c1-3-5-6-9-13(16-10-4-2)14-12(15)8-7-11-17-14/h3,7-8,11,13,16H,1,4-6,9-10H2,2H3. The van der Waals surface area contributed by atoms with Crippen molar-refractivity contribution >= 4 is 15.9 Å². The third-order valence-electron chi connectivity index (χ3n) is 2.66. The zero-order valence-corrected chi connectivity index (χ0v) is 12.0. The lowest BCUT2D eigenvalue weighted by Crippen LogP contribution is -2.23. The van der Waals surface area contributed by atoms with Crippen LogP contribution >= 0.6 is 15.9 Å². The van der Waals surface area contributed by atoms with E-state index in [-0.39, 0.29) is 0 Å². The molecule has 0 aliphatic carbocycles. The number of halogens is 1. The molecule has 0 spiro atoms. The number of aromatic nitrogens is 1. The largest absolute Gasteiger partial charge is 0.309 e. The molecule has 2 nitrogen and oxygen atoms in total. The highest BCUT2D eigenvalue weighted by molar-refractivity contribution is 9.10. The van der Waals surface area contributed by atoms with E-state index in [4.69, 9.17) is 0 Å². The van der Waals surface area contributed by atoms with Crippen LogP contribution in [0.2, 0.25) is 0 Å². The van der Waals surface area contributed by atoms with Crippen LogP contribution in [-0.4, -0.2) is 11.5 Å². The molecule has 0 aliphatic heterocycles. The van der Waals surface area contributed by atoms with Gasteiger partial charge >= 0.3 is 0 Å². The van der Waals surface area contributed by atoms with E-state index >= 15 is 0 Å². The zero-order chi connectivity index (χ0) is 12.5. The van der Waals surface area contributed by atoms with Crippen molar-refractivity contribution in [3.8, 4) is 0 Å². The fourth-order valence-corrected chi connectivity index (χ4v) is 2.31. The third kappa shape index (κ3) is 5.00. The van der Waals surface area contributed by atoms with E-state index in [2.05, 4.69) is 45.8 Å².